The highest BCUT2D eigenvalue weighted by molar-refractivity contribution is 5.92. The number of ether oxygens (including phenoxy) is 1. The van der Waals surface area contributed by atoms with Crippen molar-refractivity contribution in [1.82, 2.24) is 15.6 Å². The summed E-state index contributed by atoms with van der Waals surface area (Å²) >= 11 is 0. The first kappa shape index (κ1) is 19.9. The summed E-state index contributed by atoms with van der Waals surface area (Å²) < 4.78 is 20.2. The number of benzene rings is 1. The van der Waals surface area contributed by atoms with Gasteiger partial charge in [-0.1, -0.05) is 6.92 Å². The molecule has 1 aromatic carbocycles. The number of carbonyl (C=O) groups excluding carboxylic acids is 3. The van der Waals surface area contributed by atoms with E-state index in [4.69, 9.17) is 4.74 Å². The minimum absolute atomic E-state index is 0.239. The van der Waals surface area contributed by atoms with Crippen LogP contribution in [0.5, 0.6) is 0 Å². The van der Waals surface area contributed by atoms with Gasteiger partial charge >= 0.3 is 12.1 Å². The van der Waals surface area contributed by atoms with Gasteiger partial charge in [0.25, 0.3) is 0 Å². The first-order chi connectivity index (χ1) is 14.5. The van der Waals surface area contributed by atoms with Crippen molar-refractivity contribution in [3.05, 3.63) is 24.0 Å². The summed E-state index contributed by atoms with van der Waals surface area (Å²) in [5.74, 6) is -0.517. The zero-order chi connectivity index (χ0) is 21.3. The Labute approximate surface area is 172 Å². The zero-order valence-corrected chi connectivity index (χ0v) is 16.5. The van der Waals surface area contributed by atoms with Gasteiger partial charge in [-0.2, -0.15) is 5.10 Å². The molecule has 11 heteroatoms. The summed E-state index contributed by atoms with van der Waals surface area (Å²) in [6.45, 7) is 3.52. The van der Waals surface area contributed by atoms with E-state index >= 15 is 0 Å². The van der Waals surface area contributed by atoms with Gasteiger partial charge in [-0.15, -0.1) is 0 Å². The van der Waals surface area contributed by atoms with Crippen LogP contribution >= 0.6 is 0 Å². The standard InChI is InChI=1S/C19H23FN6O4/c1-2-5-21-17(28)23-16-9-19(16)10-26(18(29)30-19)13-3-4-15(14(20)8-13)24-6-7-25(12-27)22-11-24/h3-4,8,11-12,16H,2,5-7,9-10H2,1H3,(H2,21,23,28)/t16-,19?/m0/s1. The number of rotatable bonds is 6. The maximum Gasteiger partial charge on any atom is 0.415 e. The maximum absolute atomic E-state index is 14.7. The highest BCUT2D eigenvalue weighted by Gasteiger charge is 2.64. The van der Waals surface area contributed by atoms with Crippen LogP contribution in [0.4, 0.5) is 25.4 Å². The lowest BCUT2D eigenvalue weighted by atomic mass is 10.2. The predicted octanol–water partition coefficient (Wildman–Crippen LogP) is 1.22. The van der Waals surface area contributed by atoms with Gasteiger partial charge in [-0.25, -0.2) is 19.0 Å². The van der Waals surface area contributed by atoms with E-state index in [1.807, 2.05) is 6.92 Å². The Morgan fingerprint density at radius 1 is 1.43 bits per heavy atom. The van der Waals surface area contributed by atoms with Gasteiger partial charge < -0.3 is 20.3 Å². The Bertz CT molecular complexity index is 896. The fourth-order valence-electron chi connectivity index (χ4n) is 3.61. The minimum Gasteiger partial charge on any atom is -0.438 e. The molecule has 2 aliphatic heterocycles. The van der Waals surface area contributed by atoms with Crippen LogP contribution in [0.3, 0.4) is 0 Å². The molecule has 2 atom stereocenters. The average molecular weight is 418 g/mol. The van der Waals surface area contributed by atoms with Crippen molar-refractivity contribution < 1.29 is 23.5 Å². The van der Waals surface area contributed by atoms with Crippen LogP contribution in [-0.4, -0.2) is 67.7 Å². The van der Waals surface area contributed by atoms with Crippen LogP contribution in [0.1, 0.15) is 19.8 Å². The molecule has 1 aromatic rings. The molecule has 3 aliphatic rings. The smallest absolute Gasteiger partial charge is 0.415 e. The quantitative estimate of drug-likeness (QED) is 0.676. The Morgan fingerprint density at radius 2 is 2.27 bits per heavy atom. The lowest BCUT2D eigenvalue weighted by molar-refractivity contribution is -0.118. The molecule has 1 aliphatic carbocycles. The summed E-state index contributed by atoms with van der Waals surface area (Å²) in [6, 6.07) is 3.91. The van der Waals surface area contributed by atoms with Crippen molar-refractivity contribution in [3.8, 4) is 0 Å². The largest absolute Gasteiger partial charge is 0.438 e. The molecule has 2 N–H and O–H groups in total. The van der Waals surface area contributed by atoms with E-state index in [2.05, 4.69) is 15.7 Å². The highest BCUT2D eigenvalue weighted by Crippen LogP contribution is 2.46. The number of amides is 4. The Kier molecular flexibility index (Phi) is 5.18. The number of hydrogen-bond acceptors (Lipinski definition) is 6. The highest BCUT2D eigenvalue weighted by atomic mass is 19.1. The van der Waals surface area contributed by atoms with Gasteiger partial charge in [0.1, 0.15) is 12.2 Å². The lowest BCUT2D eigenvalue weighted by Gasteiger charge is -2.27. The molecular weight excluding hydrogens is 395 g/mol. The number of hydrazone groups is 1. The summed E-state index contributed by atoms with van der Waals surface area (Å²) in [5.41, 5.74) is -0.0929. The van der Waals surface area contributed by atoms with E-state index in [9.17, 15) is 18.8 Å². The van der Waals surface area contributed by atoms with E-state index in [-0.39, 0.29) is 18.6 Å². The summed E-state index contributed by atoms with van der Waals surface area (Å²) in [5, 5.41) is 10.7. The molecule has 10 nitrogen and oxygen atoms in total. The summed E-state index contributed by atoms with van der Waals surface area (Å²) in [6.07, 6.45) is 2.77. The average Bonchev–Trinajstić information content (AvgIpc) is 3.28. The molecule has 1 unspecified atom stereocenters. The molecule has 0 aromatic heterocycles. The molecule has 2 fully saturated rings. The normalized spacial score (nSPS) is 24.8. The van der Waals surface area contributed by atoms with Crippen LogP contribution in [0.25, 0.3) is 0 Å². The number of nitrogens with zero attached hydrogens (tertiary/aromatic N) is 4. The lowest BCUT2D eigenvalue weighted by Crippen LogP contribution is -2.41. The third-order valence-corrected chi connectivity index (χ3v) is 5.39. The van der Waals surface area contributed by atoms with E-state index in [0.717, 1.165) is 6.42 Å². The van der Waals surface area contributed by atoms with Gasteiger partial charge in [0.2, 0.25) is 6.41 Å². The molecule has 0 radical (unpaired) electrons. The number of anilines is 2. The van der Waals surface area contributed by atoms with Crippen LogP contribution < -0.4 is 20.4 Å². The predicted molar refractivity (Wildman–Crippen MR) is 107 cm³/mol. The zero-order valence-electron chi connectivity index (χ0n) is 16.5. The van der Waals surface area contributed by atoms with E-state index < -0.39 is 17.5 Å². The van der Waals surface area contributed by atoms with Gasteiger partial charge in [-0.05, 0) is 24.6 Å². The van der Waals surface area contributed by atoms with Crippen LogP contribution in [-0.2, 0) is 9.53 Å². The maximum atomic E-state index is 14.7. The number of carbonyl (C=O) groups is 3. The van der Waals surface area contributed by atoms with E-state index in [1.165, 1.54) is 22.3 Å². The van der Waals surface area contributed by atoms with Gasteiger partial charge in [-0.3, -0.25) is 9.69 Å². The van der Waals surface area contributed by atoms with E-state index in [1.54, 1.807) is 17.0 Å². The second kappa shape index (κ2) is 7.81. The molecule has 160 valence electrons. The van der Waals surface area contributed by atoms with Crippen molar-refractivity contribution in [1.29, 1.82) is 0 Å². The van der Waals surface area contributed by atoms with Crippen LogP contribution in [0.15, 0.2) is 23.3 Å². The Morgan fingerprint density at radius 3 is 2.93 bits per heavy atom. The molecular formula is C19H23FN6O4. The van der Waals surface area contributed by atoms with Gasteiger partial charge in [0.15, 0.2) is 5.60 Å². The molecule has 30 heavy (non-hydrogen) atoms. The van der Waals surface area contributed by atoms with Crippen molar-refractivity contribution in [3.63, 3.8) is 0 Å². The molecule has 2 heterocycles. The number of hydrogen-bond donors (Lipinski definition) is 2. The number of nitrogens with one attached hydrogen (secondary N) is 2. The fourth-order valence-corrected chi connectivity index (χ4v) is 3.61. The second-order valence-corrected chi connectivity index (χ2v) is 7.50. The first-order valence-electron chi connectivity index (χ1n) is 9.83. The van der Waals surface area contributed by atoms with Gasteiger partial charge in [0, 0.05) is 19.5 Å². The van der Waals surface area contributed by atoms with Gasteiger partial charge in [0.05, 0.1) is 30.5 Å². The summed E-state index contributed by atoms with van der Waals surface area (Å²) in [4.78, 5) is 37.9. The molecule has 0 bridgehead atoms. The van der Waals surface area contributed by atoms with Crippen molar-refractivity contribution >= 4 is 36.2 Å². The molecule has 1 saturated carbocycles. The molecule has 4 amide bonds. The topological polar surface area (TPSA) is 107 Å². The number of urea groups is 1. The number of halogens is 1. The van der Waals surface area contributed by atoms with Crippen molar-refractivity contribution in [2.75, 3.05) is 36.0 Å². The molecule has 1 saturated heterocycles. The van der Waals surface area contributed by atoms with Crippen molar-refractivity contribution in [2.45, 2.75) is 31.4 Å². The van der Waals surface area contributed by atoms with E-state index in [0.29, 0.717) is 43.8 Å². The Hall–Kier alpha value is -3.37. The van der Waals surface area contributed by atoms with Crippen molar-refractivity contribution in [2.24, 2.45) is 5.10 Å². The second-order valence-electron chi connectivity index (χ2n) is 7.50. The minimum atomic E-state index is -0.770. The third-order valence-electron chi connectivity index (χ3n) is 5.39. The summed E-state index contributed by atoms with van der Waals surface area (Å²) in [7, 11) is 0. The fraction of sp³-hybridized carbons (Fsp3) is 0.474. The SMILES string of the molecule is CCCNC(=O)N[C@H]1CC12CN(c1ccc(N3C=NN(C=O)CC3)c(F)c1)C(=O)O2. The molecule has 1 spiro atoms. The molecule has 4 rings (SSSR count). The Balaban J connectivity index is 1.41. The van der Waals surface area contributed by atoms with Crippen LogP contribution in [0, 0.1) is 5.82 Å². The third kappa shape index (κ3) is 3.74. The first-order valence-corrected chi connectivity index (χ1v) is 9.83. The monoisotopic (exact) mass is 418 g/mol. The van der Waals surface area contributed by atoms with Crippen LogP contribution in [0.2, 0.25) is 0 Å².